The molecule has 104 valence electrons. The maximum absolute atomic E-state index is 12.5. The molecule has 1 saturated heterocycles. The summed E-state index contributed by atoms with van der Waals surface area (Å²) in [5, 5.41) is 4.03. The van der Waals surface area contributed by atoms with E-state index in [0.717, 1.165) is 19.5 Å². The van der Waals surface area contributed by atoms with Crippen LogP contribution in [0, 0.1) is 0 Å². The Kier molecular flexibility index (Phi) is 3.18. The van der Waals surface area contributed by atoms with Crippen LogP contribution in [0.3, 0.4) is 0 Å². The van der Waals surface area contributed by atoms with Gasteiger partial charge < -0.3 is 10.6 Å². The van der Waals surface area contributed by atoms with Gasteiger partial charge in [-0.15, -0.1) is 0 Å². The number of aromatic nitrogens is 2. The molecule has 0 bridgehead atoms. The molecule has 1 aliphatic rings. The fourth-order valence-electron chi connectivity index (χ4n) is 2.72. The number of nitrogens with zero attached hydrogens (tertiary/aromatic N) is 3. The standard InChI is InChI=1S/C15H18N4O/c1-18-14(16)13(9-17-18)15(20)19-8-7-12(10-19)11-5-3-2-4-6-11/h2-6,9,12H,7-8,10,16H2,1H3. The van der Waals surface area contributed by atoms with Crippen molar-refractivity contribution >= 4 is 11.7 Å². The summed E-state index contributed by atoms with van der Waals surface area (Å²) in [6, 6.07) is 10.3. The number of hydrogen-bond acceptors (Lipinski definition) is 3. The Labute approximate surface area is 118 Å². The smallest absolute Gasteiger partial charge is 0.259 e. The number of amides is 1. The molecule has 0 saturated carbocycles. The monoisotopic (exact) mass is 270 g/mol. The van der Waals surface area contributed by atoms with Crippen molar-refractivity contribution in [1.29, 1.82) is 0 Å². The minimum atomic E-state index is -0.0194. The Morgan fingerprint density at radius 3 is 2.75 bits per heavy atom. The molecule has 0 radical (unpaired) electrons. The molecule has 3 rings (SSSR count). The molecule has 1 aromatic heterocycles. The van der Waals surface area contributed by atoms with Gasteiger partial charge in [-0.2, -0.15) is 5.10 Å². The third-order valence-electron chi connectivity index (χ3n) is 3.96. The van der Waals surface area contributed by atoms with Crippen LogP contribution in [-0.4, -0.2) is 33.7 Å². The first-order valence-electron chi connectivity index (χ1n) is 6.78. The van der Waals surface area contributed by atoms with Gasteiger partial charge in [0.25, 0.3) is 5.91 Å². The van der Waals surface area contributed by atoms with Crippen molar-refractivity contribution in [2.75, 3.05) is 18.8 Å². The largest absolute Gasteiger partial charge is 0.383 e. The Morgan fingerprint density at radius 2 is 2.10 bits per heavy atom. The highest BCUT2D eigenvalue weighted by Gasteiger charge is 2.29. The minimum Gasteiger partial charge on any atom is -0.383 e. The average molecular weight is 270 g/mol. The number of likely N-dealkylation sites (tertiary alicyclic amines) is 1. The second kappa shape index (κ2) is 5.00. The second-order valence-electron chi connectivity index (χ2n) is 5.21. The van der Waals surface area contributed by atoms with Crippen molar-refractivity contribution in [3.63, 3.8) is 0 Å². The lowest BCUT2D eigenvalue weighted by Crippen LogP contribution is -2.28. The summed E-state index contributed by atoms with van der Waals surface area (Å²) >= 11 is 0. The quantitative estimate of drug-likeness (QED) is 0.902. The van der Waals surface area contributed by atoms with Crippen LogP contribution >= 0.6 is 0 Å². The van der Waals surface area contributed by atoms with Crippen LogP contribution in [0.1, 0.15) is 28.3 Å². The number of rotatable bonds is 2. The third kappa shape index (κ3) is 2.15. The highest BCUT2D eigenvalue weighted by molar-refractivity contribution is 5.98. The fourth-order valence-corrected chi connectivity index (χ4v) is 2.72. The van der Waals surface area contributed by atoms with E-state index in [-0.39, 0.29) is 5.91 Å². The molecule has 2 heterocycles. The van der Waals surface area contributed by atoms with Crippen LogP contribution in [0.5, 0.6) is 0 Å². The number of carbonyl (C=O) groups excluding carboxylic acids is 1. The number of anilines is 1. The number of benzene rings is 1. The summed E-state index contributed by atoms with van der Waals surface area (Å²) < 4.78 is 1.53. The van der Waals surface area contributed by atoms with Gasteiger partial charge >= 0.3 is 0 Å². The lowest BCUT2D eigenvalue weighted by atomic mass is 9.99. The van der Waals surface area contributed by atoms with Gasteiger partial charge in [0.05, 0.1) is 6.20 Å². The normalized spacial score (nSPS) is 18.4. The zero-order chi connectivity index (χ0) is 14.1. The van der Waals surface area contributed by atoms with Gasteiger partial charge in [0.2, 0.25) is 0 Å². The molecule has 2 N–H and O–H groups in total. The van der Waals surface area contributed by atoms with Gasteiger partial charge in [0, 0.05) is 26.1 Å². The van der Waals surface area contributed by atoms with Gasteiger partial charge in [0.1, 0.15) is 11.4 Å². The third-order valence-corrected chi connectivity index (χ3v) is 3.96. The Hall–Kier alpha value is -2.30. The predicted octanol–water partition coefficient (Wildman–Crippen LogP) is 1.63. The Balaban J connectivity index is 1.74. The first-order chi connectivity index (χ1) is 9.66. The van der Waals surface area contributed by atoms with Gasteiger partial charge in [-0.25, -0.2) is 0 Å². The molecule has 0 spiro atoms. The van der Waals surface area contributed by atoms with E-state index >= 15 is 0 Å². The van der Waals surface area contributed by atoms with E-state index in [1.54, 1.807) is 13.2 Å². The van der Waals surface area contributed by atoms with Crippen LogP contribution in [0.4, 0.5) is 5.82 Å². The van der Waals surface area contributed by atoms with Crippen molar-refractivity contribution in [1.82, 2.24) is 14.7 Å². The maximum atomic E-state index is 12.5. The summed E-state index contributed by atoms with van der Waals surface area (Å²) in [6.45, 7) is 1.52. The van der Waals surface area contributed by atoms with Crippen LogP contribution in [0.15, 0.2) is 36.5 Å². The maximum Gasteiger partial charge on any atom is 0.259 e. The van der Waals surface area contributed by atoms with Gasteiger partial charge in [-0.1, -0.05) is 30.3 Å². The van der Waals surface area contributed by atoms with Crippen molar-refractivity contribution < 1.29 is 4.79 Å². The highest BCUT2D eigenvalue weighted by Crippen LogP contribution is 2.28. The molecule has 1 amide bonds. The van der Waals surface area contributed by atoms with Crippen LogP contribution in [-0.2, 0) is 7.05 Å². The summed E-state index contributed by atoms with van der Waals surface area (Å²) in [6.07, 6.45) is 2.55. The number of aryl methyl sites for hydroxylation is 1. The molecule has 5 nitrogen and oxygen atoms in total. The van der Waals surface area contributed by atoms with Crippen molar-refractivity contribution in [2.24, 2.45) is 7.05 Å². The number of hydrogen-bond donors (Lipinski definition) is 1. The number of nitrogen functional groups attached to an aromatic ring is 1. The van der Waals surface area contributed by atoms with E-state index < -0.39 is 0 Å². The van der Waals surface area contributed by atoms with Crippen LogP contribution in [0.25, 0.3) is 0 Å². The highest BCUT2D eigenvalue weighted by atomic mass is 16.2. The Bertz CT molecular complexity index is 620. The first-order valence-corrected chi connectivity index (χ1v) is 6.78. The van der Waals surface area contributed by atoms with E-state index in [2.05, 4.69) is 17.2 Å². The molecule has 20 heavy (non-hydrogen) atoms. The molecular formula is C15H18N4O. The zero-order valence-corrected chi connectivity index (χ0v) is 11.5. The molecule has 1 atom stereocenters. The molecule has 1 unspecified atom stereocenters. The number of nitrogens with two attached hydrogens (primary N) is 1. The first kappa shape index (κ1) is 12.7. The molecule has 1 fully saturated rings. The summed E-state index contributed by atoms with van der Waals surface area (Å²) in [5.41, 5.74) is 7.66. The number of carbonyl (C=O) groups is 1. The average Bonchev–Trinajstić information content (AvgIpc) is 3.08. The van der Waals surface area contributed by atoms with Gasteiger partial charge in [0.15, 0.2) is 0 Å². The van der Waals surface area contributed by atoms with Crippen LogP contribution in [0.2, 0.25) is 0 Å². The zero-order valence-electron chi connectivity index (χ0n) is 11.5. The molecule has 0 aliphatic carbocycles. The lowest BCUT2D eigenvalue weighted by Gasteiger charge is -2.16. The van der Waals surface area contributed by atoms with E-state index in [1.165, 1.54) is 10.2 Å². The minimum absolute atomic E-state index is 0.0194. The van der Waals surface area contributed by atoms with E-state index in [1.807, 2.05) is 23.1 Å². The van der Waals surface area contributed by atoms with Gasteiger partial charge in [-0.05, 0) is 12.0 Å². The summed E-state index contributed by atoms with van der Waals surface area (Å²) in [5.74, 6) is 0.824. The fraction of sp³-hybridized carbons (Fsp3) is 0.333. The molecule has 1 aromatic carbocycles. The van der Waals surface area contributed by atoms with Crippen LogP contribution < -0.4 is 5.73 Å². The summed E-state index contributed by atoms with van der Waals surface area (Å²) in [7, 11) is 1.74. The molecule has 1 aliphatic heterocycles. The van der Waals surface area contributed by atoms with Crippen molar-refractivity contribution in [2.45, 2.75) is 12.3 Å². The van der Waals surface area contributed by atoms with Crippen molar-refractivity contribution in [3.05, 3.63) is 47.7 Å². The van der Waals surface area contributed by atoms with Gasteiger partial charge in [-0.3, -0.25) is 9.48 Å². The molecule has 2 aromatic rings. The second-order valence-corrected chi connectivity index (χ2v) is 5.21. The Morgan fingerprint density at radius 1 is 1.35 bits per heavy atom. The van der Waals surface area contributed by atoms with E-state index in [0.29, 0.717) is 17.3 Å². The SMILES string of the molecule is Cn1ncc(C(=O)N2CCC(c3ccccc3)C2)c1N. The lowest BCUT2D eigenvalue weighted by molar-refractivity contribution is 0.0792. The van der Waals surface area contributed by atoms with E-state index in [9.17, 15) is 4.79 Å². The summed E-state index contributed by atoms with van der Waals surface area (Å²) in [4.78, 5) is 14.3. The van der Waals surface area contributed by atoms with E-state index in [4.69, 9.17) is 5.73 Å². The predicted molar refractivity (Wildman–Crippen MR) is 77.3 cm³/mol. The molecule has 5 heteroatoms. The topological polar surface area (TPSA) is 64.2 Å². The van der Waals surface area contributed by atoms with Crippen molar-refractivity contribution in [3.8, 4) is 0 Å². The molecular weight excluding hydrogens is 252 g/mol.